The minimum atomic E-state index is -0.0295. The summed E-state index contributed by atoms with van der Waals surface area (Å²) >= 11 is 0. The van der Waals surface area contributed by atoms with E-state index in [2.05, 4.69) is 25.5 Å². The molecule has 8 nitrogen and oxygen atoms in total. The quantitative estimate of drug-likeness (QED) is 0.860. The molecular formula is C17H26N6O2. The van der Waals surface area contributed by atoms with Crippen molar-refractivity contribution in [2.24, 2.45) is 5.92 Å². The van der Waals surface area contributed by atoms with E-state index in [0.29, 0.717) is 23.9 Å². The van der Waals surface area contributed by atoms with E-state index in [-0.39, 0.29) is 5.91 Å². The van der Waals surface area contributed by atoms with Crippen molar-refractivity contribution in [2.45, 2.75) is 46.6 Å². The molecule has 2 aromatic heterocycles. The number of anilines is 1. The molecule has 136 valence electrons. The summed E-state index contributed by atoms with van der Waals surface area (Å²) in [5.74, 6) is 3.48. The summed E-state index contributed by atoms with van der Waals surface area (Å²) in [5.41, 5.74) is 0. The molecule has 25 heavy (non-hydrogen) atoms. The summed E-state index contributed by atoms with van der Waals surface area (Å²) in [4.78, 5) is 18.8. The first-order chi connectivity index (χ1) is 12.0. The molecule has 1 aliphatic heterocycles. The average Bonchev–Trinajstić information content (AvgIpc) is 3.11. The van der Waals surface area contributed by atoms with Crippen molar-refractivity contribution >= 4 is 11.7 Å². The van der Waals surface area contributed by atoms with E-state index in [4.69, 9.17) is 4.52 Å². The van der Waals surface area contributed by atoms with Crippen LogP contribution in [-0.4, -0.2) is 50.4 Å². The van der Waals surface area contributed by atoms with Gasteiger partial charge >= 0.3 is 0 Å². The number of aromatic nitrogens is 4. The Morgan fingerprint density at radius 2 is 2.24 bits per heavy atom. The number of likely N-dealkylation sites (tertiary alicyclic amines) is 1. The van der Waals surface area contributed by atoms with Gasteiger partial charge in [-0.3, -0.25) is 4.79 Å². The molecule has 1 amide bonds. The van der Waals surface area contributed by atoms with Gasteiger partial charge in [0.15, 0.2) is 5.82 Å². The molecule has 0 bridgehead atoms. The molecule has 8 heteroatoms. The van der Waals surface area contributed by atoms with Gasteiger partial charge in [-0.2, -0.15) is 5.10 Å². The highest BCUT2D eigenvalue weighted by Gasteiger charge is 2.22. The monoisotopic (exact) mass is 346 g/mol. The number of amides is 1. The fourth-order valence-corrected chi connectivity index (χ4v) is 3.37. The number of hydrogen-bond donors (Lipinski definition) is 1. The van der Waals surface area contributed by atoms with Crippen LogP contribution in [0.3, 0.4) is 0 Å². The molecule has 2 aromatic rings. The van der Waals surface area contributed by atoms with Gasteiger partial charge in [0, 0.05) is 32.1 Å². The normalized spacial score (nSPS) is 18.4. The zero-order valence-corrected chi connectivity index (χ0v) is 15.2. The maximum absolute atomic E-state index is 12.0. The molecule has 1 saturated heterocycles. The average molecular weight is 346 g/mol. The maximum Gasteiger partial charge on any atom is 0.226 e. The van der Waals surface area contributed by atoms with Gasteiger partial charge < -0.3 is 14.7 Å². The first-order valence-electron chi connectivity index (χ1n) is 8.83. The largest absolute Gasteiger partial charge is 0.360 e. The van der Waals surface area contributed by atoms with Crippen LogP contribution in [-0.2, 0) is 11.3 Å². The van der Waals surface area contributed by atoms with E-state index in [0.717, 1.165) is 44.2 Å². The van der Waals surface area contributed by atoms with Gasteiger partial charge in [0.2, 0.25) is 5.91 Å². The van der Waals surface area contributed by atoms with Crippen LogP contribution in [0.5, 0.6) is 0 Å². The van der Waals surface area contributed by atoms with Crippen molar-refractivity contribution in [3.05, 3.63) is 23.5 Å². The van der Waals surface area contributed by atoms with E-state index in [9.17, 15) is 4.79 Å². The van der Waals surface area contributed by atoms with Gasteiger partial charge in [0.05, 0.1) is 0 Å². The second-order valence-electron chi connectivity index (χ2n) is 6.82. The van der Waals surface area contributed by atoms with Crippen molar-refractivity contribution in [1.82, 2.24) is 24.8 Å². The van der Waals surface area contributed by atoms with Gasteiger partial charge in [0.1, 0.15) is 17.4 Å². The number of rotatable bonds is 6. The van der Waals surface area contributed by atoms with Crippen LogP contribution in [0.4, 0.5) is 5.82 Å². The van der Waals surface area contributed by atoms with Crippen LogP contribution >= 0.6 is 0 Å². The Hall–Kier alpha value is -2.22. The number of nitrogens with one attached hydrogen (secondary N) is 1. The minimum Gasteiger partial charge on any atom is -0.360 e. The molecule has 0 radical (unpaired) electrons. The molecular weight excluding hydrogens is 320 g/mol. The third-order valence-electron chi connectivity index (χ3n) is 4.55. The minimum absolute atomic E-state index is 0.0295. The van der Waals surface area contributed by atoms with Crippen LogP contribution in [0, 0.1) is 26.7 Å². The Bertz CT molecular complexity index is 723. The molecule has 0 aliphatic carbocycles. The Labute approximate surface area is 147 Å². The predicted molar refractivity (Wildman–Crippen MR) is 93.1 cm³/mol. The van der Waals surface area contributed by atoms with Crippen LogP contribution in [0.15, 0.2) is 10.6 Å². The van der Waals surface area contributed by atoms with Crippen LogP contribution in [0.2, 0.25) is 0 Å². The lowest BCUT2D eigenvalue weighted by atomic mass is 9.98. The van der Waals surface area contributed by atoms with Gasteiger partial charge in [-0.1, -0.05) is 5.16 Å². The van der Waals surface area contributed by atoms with E-state index in [1.807, 2.05) is 18.5 Å². The first kappa shape index (κ1) is 17.6. The van der Waals surface area contributed by atoms with E-state index in [1.165, 1.54) is 6.42 Å². The van der Waals surface area contributed by atoms with Crippen LogP contribution in [0.1, 0.15) is 36.7 Å². The highest BCUT2D eigenvalue weighted by Crippen LogP contribution is 2.19. The SMILES string of the molecule is Cc1nc(C)n(C[C@H]2CCCN(CCC(=O)Nc3cc(C)on3)C2)n1. The zero-order chi connectivity index (χ0) is 17.8. The van der Waals surface area contributed by atoms with Crippen LogP contribution < -0.4 is 5.32 Å². The molecule has 0 unspecified atom stereocenters. The smallest absolute Gasteiger partial charge is 0.226 e. The van der Waals surface area contributed by atoms with Gasteiger partial charge in [-0.05, 0) is 46.1 Å². The summed E-state index contributed by atoms with van der Waals surface area (Å²) < 4.78 is 6.96. The molecule has 1 atom stereocenters. The van der Waals surface area contributed by atoms with Crippen molar-refractivity contribution in [3.63, 3.8) is 0 Å². The Morgan fingerprint density at radius 1 is 1.40 bits per heavy atom. The summed E-state index contributed by atoms with van der Waals surface area (Å²) in [6.07, 6.45) is 2.81. The molecule has 3 heterocycles. The van der Waals surface area contributed by atoms with E-state index < -0.39 is 0 Å². The molecule has 0 aromatic carbocycles. The number of piperidine rings is 1. The topological polar surface area (TPSA) is 89.1 Å². The van der Waals surface area contributed by atoms with E-state index >= 15 is 0 Å². The molecule has 3 rings (SSSR count). The fourth-order valence-electron chi connectivity index (χ4n) is 3.37. The standard InChI is InChI=1S/C17H26N6O2/c1-12-9-16(21-25-12)19-17(24)6-8-22-7-4-5-15(10-22)11-23-14(3)18-13(2)20-23/h9,15H,4-8,10-11H2,1-3H3,(H,19,21,24)/t15-/m0/s1. The summed E-state index contributed by atoms with van der Waals surface area (Å²) in [6.45, 7) is 9.41. The Morgan fingerprint density at radius 3 is 2.92 bits per heavy atom. The maximum atomic E-state index is 12.0. The van der Waals surface area contributed by atoms with Crippen molar-refractivity contribution in [3.8, 4) is 0 Å². The highest BCUT2D eigenvalue weighted by atomic mass is 16.5. The lowest BCUT2D eigenvalue weighted by molar-refractivity contribution is -0.116. The predicted octanol–water partition coefficient (Wildman–Crippen LogP) is 1.93. The number of carbonyl (C=O) groups excluding carboxylic acids is 1. The Kier molecular flexibility index (Phi) is 5.47. The fraction of sp³-hybridized carbons (Fsp3) is 0.647. The second kappa shape index (κ2) is 7.77. The van der Waals surface area contributed by atoms with Crippen LogP contribution in [0.25, 0.3) is 0 Å². The lowest BCUT2D eigenvalue weighted by Crippen LogP contribution is -2.38. The lowest BCUT2D eigenvalue weighted by Gasteiger charge is -2.32. The van der Waals surface area contributed by atoms with Gasteiger partial charge in [0.25, 0.3) is 0 Å². The third-order valence-corrected chi connectivity index (χ3v) is 4.55. The first-order valence-corrected chi connectivity index (χ1v) is 8.83. The number of carbonyl (C=O) groups is 1. The highest BCUT2D eigenvalue weighted by molar-refractivity contribution is 5.89. The van der Waals surface area contributed by atoms with Gasteiger partial charge in [-0.15, -0.1) is 0 Å². The number of aryl methyl sites for hydroxylation is 3. The molecule has 1 fully saturated rings. The summed E-state index contributed by atoms with van der Waals surface area (Å²) in [5, 5.41) is 11.0. The molecule has 0 saturated carbocycles. The van der Waals surface area contributed by atoms with E-state index in [1.54, 1.807) is 13.0 Å². The van der Waals surface area contributed by atoms with Crippen molar-refractivity contribution in [1.29, 1.82) is 0 Å². The van der Waals surface area contributed by atoms with Gasteiger partial charge in [-0.25, -0.2) is 9.67 Å². The summed E-state index contributed by atoms with van der Waals surface area (Å²) in [6, 6.07) is 1.72. The van der Waals surface area contributed by atoms with Crippen molar-refractivity contribution < 1.29 is 9.32 Å². The number of hydrogen-bond acceptors (Lipinski definition) is 6. The Balaban J connectivity index is 1.45. The second-order valence-corrected chi connectivity index (χ2v) is 6.82. The zero-order valence-electron chi connectivity index (χ0n) is 15.2. The van der Waals surface area contributed by atoms with Crippen molar-refractivity contribution in [2.75, 3.05) is 25.0 Å². The molecule has 1 aliphatic rings. The summed E-state index contributed by atoms with van der Waals surface area (Å²) in [7, 11) is 0. The number of nitrogens with zero attached hydrogens (tertiary/aromatic N) is 5. The molecule has 1 N–H and O–H groups in total. The third kappa shape index (κ3) is 4.88. The molecule has 0 spiro atoms.